The molecule has 1 saturated heterocycles. The largest absolute Gasteiger partial charge is 0.382 e. The lowest BCUT2D eigenvalue weighted by Gasteiger charge is -2.43. The summed E-state index contributed by atoms with van der Waals surface area (Å²) < 4.78 is 0. The highest BCUT2D eigenvalue weighted by atomic mass is 35.5. The number of likely N-dealkylation sites (N-methyl/N-ethyl adjacent to an activating group) is 1. The summed E-state index contributed by atoms with van der Waals surface area (Å²) >= 11 is 6.06. The number of piperazine rings is 1. The molecule has 0 amide bonds. The number of pyridine rings is 1. The summed E-state index contributed by atoms with van der Waals surface area (Å²) in [5.41, 5.74) is 9.01. The van der Waals surface area contributed by atoms with Crippen LogP contribution in [-0.2, 0) is 0 Å². The van der Waals surface area contributed by atoms with Crippen LogP contribution >= 0.6 is 11.6 Å². The molecule has 23 heavy (non-hydrogen) atoms. The Morgan fingerprint density at radius 3 is 2.26 bits per heavy atom. The van der Waals surface area contributed by atoms with Crippen LogP contribution in [0.4, 0.5) is 11.5 Å². The minimum Gasteiger partial charge on any atom is -0.382 e. The number of nitrogen functional groups attached to an aromatic ring is 1. The molecule has 0 radical (unpaired) electrons. The first-order valence-corrected chi connectivity index (χ1v) is 8.32. The fourth-order valence-electron chi connectivity index (χ4n) is 3.09. The molecule has 0 saturated carbocycles. The number of benzene rings is 1. The van der Waals surface area contributed by atoms with Gasteiger partial charge in [-0.1, -0.05) is 23.7 Å². The molecule has 2 aromatic rings. The van der Waals surface area contributed by atoms with Gasteiger partial charge in [0.25, 0.3) is 0 Å². The van der Waals surface area contributed by atoms with Crippen LogP contribution < -0.4 is 10.6 Å². The summed E-state index contributed by atoms with van der Waals surface area (Å²) in [6, 6.07) is 11.5. The second-order valence-electron chi connectivity index (χ2n) is 6.41. The zero-order valence-electron chi connectivity index (χ0n) is 13.8. The van der Waals surface area contributed by atoms with Gasteiger partial charge in [-0.2, -0.15) is 0 Å². The topological polar surface area (TPSA) is 45.4 Å². The zero-order valence-corrected chi connectivity index (χ0v) is 14.6. The highest BCUT2D eigenvalue weighted by Crippen LogP contribution is 2.28. The molecule has 5 heteroatoms. The molecular formula is C18H23ClN4. The molecule has 1 aliphatic rings. The van der Waals surface area contributed by atoms with Gasteiger partial charge in [0.15, 0.2) is 0 Å². The third kappa shape index (κ3) is 3.28. The van der Waals surface area contributed by atoms with Crippen molar-refractivity contribution in [1.29, 1.82) is 0 Å². The van der Waals surface area contributed by atoms with E-state index >= 15 is 0 Å². The maximum atomic E-state index is 6.06. The second-order valence-corrected chi connectivity index (χ2v) is 6.81. The first kappa shape index (κ1) is 16.1. The zero-order chi connectivity index (χ0) is 16.6. The average molecular weight is 331 g/mol. The molecule has 2 heterocycles. The van der Waals surface area contributed by atoms with Gasteiger partial charge < -0.3 is 10.6 Å². The van der Waals surface area contributed by atoms with Crippen molar-refractivity contribution in [2.24, 2.45) is 0 Å². The number of hydrogen-bond acceptors (Lipinski definition) is 4. The van der Waals surface area contributed by atoms with E-state index in [-0.39, 0.29) is 0 Å². The molecule has 122 valence electrons. The van der Waals surface area contributed by atoms with Crippen molar-refractivity contribution in [3.05, 3.63) is 41.6 Å². The summed E-state index contributed by atoms with van der Waals surface area (Å²) in [4.78, 5) is 9.01. The number of rotatable bonds is 2. The van der Waals surface area contributed by atoms with E-state index in [0.29, 0.717) is 22.9 Å². The monoisotopic (exact) mass is 330 g/mol. The Labute approximate surface area is 142 Å². The highest BCUT2D eigenvalue weighted by molar-refractivity contribution is 6.33. The Morgan fingerprint density at radius 1 is 1.09 bits per heavy atom. The minimum absolute atomic E-state index is 0.368. The first-order chi connectivity index (χ1) is 11.0. The molecule has 2 unspecified atom stereocenters. The third-order valence-electron chi connectivity index (χ3n) is 4.80. The quantitative estimate of drug-likeness (QED) is 0.915. The van der Waals surface area contributed by atoms with Gasteiger partial charge >= 0.3 is 0 Å². The minimum atomic E-state index is 0.368. The van der Waals surface area contributed by atoms with Crippen molar-refractivity contribution in [3.63, 3.8) is 0 Å². The highest BCUT2D eigenvalue weighted by Gasteiger charge is 2.26. The van der Waals surface area contributed by atoms with Crippen molar-refractivity contribution in [1.82, 2.24) is 9.88 Å². The van der Waals surface area contributed by atoms with Gasteiger partial charge in [0.1, 0.15) is 5.82 Å². The van der Waals surface area contributed by atoms with E-state index in [4.69, 9.17) is 17.3 Å². The molecule has 4 nitrogen and oxygen atoms in total. The Balaban J connectivity index is 1.80. The summed E-state index contributed by atoms with van der Waals surface area (Å²) in [5, 5.41) is 0.494. The van der Waals surface area contributed by atoms with E-state index in [1.165, 1.54) is 5.69 Å². The van der Waals surface area contributed by atoms with Crippen molar-refractivity contribution < 1.29 is 0 Å². The standard InChI is InChI=1S/C18H23ClN4/c1-12-10-23(11-13(2)22(12)3)16-6-4-14(5-7-16)15-8-17(19)18(20)21-9-15/h4-9,12-13H,10-11H2,1-3H3,(H2,20,21). The Bertz CT molecular complexity index is 674. The number of nitrogens with two attached hydrogens (primary N) is 1. The van der Waals surface area contributed by atoms with Gasteiger partial charge in [0.05, 0.1) is 5.02 Å². The van der Waals surface area contributed by atoms with Crippen LogP contribution in [0, 0.1) is 0 Å². The average Bonchev–Trinajstić information content (AvgIpc) is 2.55. The first-order valence-electron chi connectivity index (χ1n) is 7.94. The molecule has 0 bridgehead atoms. The number of nitrogens with zero attached hydrogens (tertiary/aromatic N) is 3. The summed E-state index contributed by atoms with van der Waals surface area (Å²) in [6.45, 7) is 6.66. The number of anilines is 2. The lowest BCUT2D eigenvalue weighted by Crippen LogP contribution is -2.55. The van der Waals surface area contributed by atoms with Crippen molar-refractivity contribution >= 4 is 23.1 Å². The van der Waals surface area contributed by atoms with Gasteiger partial charge in [0, 0.05) is 42.6 Å². The van der Waals surface area contributed by atoms with Crippen molar-refractivity contribution in [2.45, 2.75) is 25.9 Å². The van der Waals surface area contributed by atoms with Crippen LogP contribution in [0.5, 0.6) is 0 Å². The van der Waals surface area contributed by atoms with Crippen molar-refractivity contribution in [3.8, 4) is 11.1 Å². The molecule has 0 aliphatic carbocycles. The Hall–Kier alpha value is -1.78. The van der Waals surface area contributed by atoms with Gasteiger partial charge in [0.2, 0.25) is 0 Å². The van der Waals surface area contributed by atoms with Gasteiger partial charge in [-0.3, -0.25) is 4.90 Å². The maximum absolute atomic E-state index is 6.06. The van der Waals surface area contributed by atoms with E-state index in [0.717, 1.165) is 24.2 Å². The molecular weight excluding hydrogens is 308 g/mol. The lowest BCUT2D eigenvalue weighted by molar-refractivity contribution is 0.170. The Morgan fingerprint density at radius 2 is 1.70 bits per heavy atom. The fraction of sp³-hybridized carbons (Fsp3) is 0.389. The predicted octanol–water partition coefficient (Wildman–Crippen LogP) is 3.51. The lowest BCUT2D eigenvalue weighted by atomic mass is 10.1. The SMILES string of the molecule is CC1CN(c2ccc(-c3cnc(N)c(Cl)c3)cc2)CC(C)N1C. The Kier molecular flexibility index (Phi) is 4.46. The van der Waals surface area contributed by atoms with Crippen molar-refractivity contribution in [2.75, 3.05) is 30.8 Å². The van der Waals surface area contributed by atoms with Crippen LogP contribution in [0.25, 0.3) is 11.1 Å². The second kappa shape index (κ2) is 6.38. The van der Waals surface area contributed by atoms with E-state index in [1.54, 1.807) is 6.20 Å². The molecule has 1 aromatic heterocycles. The molecule has 1 aliphatic heterocycles. The molecule has 0 spiro atoms. The van der Waals surface area contributed by atoms with Gasteiger partial charge in [-0.25, -0.2) is 4.98 Å². The number of hydrogen-bond donors (Lipinski definition) is 1. The molecule has 1 aromatic carbocycles. The molecule has 2 N–H and O–H groups in total. The van der Waals surface area contributed by atoms with Gasteiger partial charge in [-0.15, -0.1) is 0 Å². The maximum Gasteiger partial charge on any atom is 0.142 e. The van der Waals surface area contributed by atoms with Crippen LogP contribution in [0.3, 0.4) is 0 Å². The van der Waals surface area contributed by atoms with E-state index in [1.807, 2.05) is 6.07 Å². The smallest absolute Gasteiger partial charge is 0.142 e. The predicted molar refractivity (Wildman–Crippen MR) is 98.0 cm³/mol. The van der Waals surface area contributed by atoms with Crippen LogP contribution in [0.2, 0.25) is 5.02 Å². The fourth-order valence-corrected chi connectivity index (χ4v) is 3.25. The van der Waals surface area contributed by atoms with Crippen LogP contribution in [0.1, 0.15) is 13.8 Å². The molecule has 3 rings (SSSR count). The van der Waals surface area contributed by atoms with E-state index < -0.39 is 0 Å². The van der Waals surface area contributed by atoms with E-state index in [9.17, 15) is 0 Å². The summed E-state index contributed by atoms with van der Waals surface area (Å²) in [6.07, 6.45) is 1.76. The third-order valence-corrected chi connectivity index (χ3v) is 5.10. The van der Waals surface area contributed by atoms with E-state index in [2.05, 4.69) is 59.9 Å². The summed E-state index contributed by atoms with van der Waals surface area (Å²) in [7, 11) is 2.20. The normalized spacial score (nSPS) is 22.3. The number of aromatic nitrogens is 1. The van der Waals surface area contributed by atoms with Gasteiger partial charge in [-0.05, 0) is 44.7 Å². The summed E-state index contributed by atoms with van der Waals surface area (Å²) in [5.74, 6) is 0.368. The molecule has 2 atom stereocenters. The number of halogens is 1. The van der Waals surface area contributed by atoms with Crippen LogP contribution in [-0.4, -0.2) is 42.1 Å². The molecule has 1 fully saturated rings. The van der Waals surface area contributed by atoms with Crippen LogP contribution in [0.15, 0.2) is 36.5 Å².